The Morgan fingerprint density at radius 2 is 1.83 bits per heavy atom. The van der Waals surface area contributed by atoms with Crippen LogP contribution < -0.4 is 10.1 Å². The Morgan fingerprint density at radius 3 is 2.43 bits per heavy atom. The van der Waals surface area contributed by atoms with Crippen LogP contribution in [0, 0.1) is 0 Å². The number of hydrogen-bond acceptors (Lipinski definition) is 6. The lowest BCUT2D eigenvalue weighted by Gasteiger charge is -2.40. The molecule has 0 aliphatic carbocycles. The Labute approximate surface area is 206 Å². The van der Waals surface area contributed by atoms with E-state index < -0.39 is 12.1 Å². The third-order valence-corrected chi connectivity index (χ3v) is 5.75. The van der Waals surface area contributed by atoms with E-state index in [0.717, 1.165) is 5.56 Å². The first-order valence-corrected chi connectivity index (χ1v) is 11.3. The zero-order valence-electron chi connectivity index (χ0n) is 18.8. The van der Waals surface area contributed by atoms with Gasteiger partial charge in [-0.3, -0.25) is 14.6 Å². The highest BCUT2D eigenvalue weighted by Gasteiger charge is 2.38. The molecule has 180 valence electrons. The third-order valence-electron chi connectivity index (χ3n) is 5.50. The number of ether oxygens (including phenoxy) is 1. The number of nitrogens with zero attached hydrogens (tertiary/aromatic N) is 3. The molecule has 9 nitrogen and oxygen atoms in total. The molecule has 1 fully saturated rings. The molecule has 1 aliphatic heterocycles. The number of carboxylic acids is 1. The van der Waals surface area contributed by atoms with Gasteiger partial charge in [0, 0.05) is 24.2 Å². The highest BCUT2D eigenvalue weighted by Crippen LogP contribution is 2.25. The molecule has 0 radical (unpaired) electrons. The van der Waals surface area contributed by atoms with Crippen LogP contribution in [0.15, 0.2) is 66.9 Å². The second kappa shape index (κ2) is 10.4. The summed E-state index contributed by atoms with van der Waals surface area (Å²) in [5.41, 5.74) is 1.65. The molecule has 3 amide bonds. The molecular weight excluding hydrogens is 472 g/mol. The maximum atomic E-state index is 13.1. The number of imide groups is 1. The van der Waals surface area contributed by atoms with Gasteiger partial charge < -0.3 is 15.2 Å². The number of aromatic nitrogens is 1. The molecule has 10 heteroatoms. The van der Waals surface area contributed by atoms with Crippen LogP contribution in [0.4, 0.5) is 10.5 Å². The maximum absolute atomic E-state index is 13.1. The van der Waals surface area contributed by atoms with E-state index in [-0.39, 0.29) is 23.9 Å². The number of rotatable bonds is 8. The van der Waals surface area contributed by atoms with Gasteiger partial charge in [0.1, 0.15) is 11.9 Å². The fourth-order valence-corrected chi connectivity index (χ4v) is 3.82. The van der Waals surface area contributed by atoms with Crippen molar-refractivity contribution in [1.29, 1.82) is 0 Å². The predicted molar refractivity (Wildman–Crippen MR) is 130 cm³/mol. The molecule has 2 N–H and O–H groups in total. The van der Waals surface area contributed by atoms with Crippen LogP contribution in [-0.4, -0.2) is 50.5 Å². The van der Waals surface area contributed by atoms with Gasteiger partial charge in [0.15, 0.2) is 0 Å². The molecule has 2 aromatic carbocycles. The first-order chi connectivity index (χ1) is 16.8. The molecule has 4 rings (SSSR count). The lowest BCUT2D eigenvalue weighted by molar-refractivity contribution is -0.132. The fourth-order valence-electron chi connectivity index (χ4n) is 3.69. The van der Waals surface area contributed by atoms with Gasteiger partial charge in [-0.05, 0) is 55.0 Å². The van der Waals surface area contributed by atoms with E-state index in [9.17, 15) is 14.4 Å². The molecule has 2 heterocycles. The standard InChI is InChI=1S/C25H23ClN4O5/c1-2-29-23(31)13-21(30(25(29)34)15-16-3-7-18(26)8-4-16)28-19-9-12-22(27-14-19)35-20-10-5-17(6-11-20)24(32)33/h3-12,14,21,28H,2,13,15H2,1H3,(H,32,33). The van der Waals surface area contributed by atoms with Crippen molar-refractivity contribution in [3.8, 4) is 11.6 Å². The molecule has 1 atom stereocenters. The van der Waals surface area contributed by atoms with Gasteiger partial charge >= 0.3 is 12.0 Å². The minimum atomic E-state index is -1.02. The first kappa shape index (κ1) is 24.0. The van der Waals surface area contributed by atoms with E-state index in [4.69, 9.17) is 21.4 Å². The molecule has 3 aromatic rings. The zero-order valence-corrected chi connectivity index (χ0v) is 19.6. The number of carbonyl (C=O) groups excluding carboxylic acids is 2. The molecule has 1 unspecified atom stereocenters. The number of carboxylic acid groups (broad SMARTS) is 1. The number of amides is 3. The van der Waals surface area contributed by atoms with Crippen LogP contribution in [0.1, 0.15) is 29.3 Å². The Kier molecular flexibility index (Phi) is 7.17. The molecule has 35 heavy (non-hydrogen) atoms. The van der Waals surface area contributed by atoms with Crippen LogP contribution in [0.5, 0.6) is 11.6 Å². The molecule has 0 spiro atoms. The monoisotopic (exact) mass is 494 g/mol. The summed E-state index contributed by atoms with van der Waals surface area (Å²) in [5, 5.41) is 12.8. The minimum Gasteiger partial charge on any atom is -0.478 e. The van der Waals surface area contributed by atoms with Gasteiger partial charge in [-0.1, -0.05) is 23.7 Å². The lowest BCUT2D eigenvalue weighted by atomic mass is 10.1. The summed E-state index contributed by atoms with van der Waals surface area (Å²) in [6, 6.07) is 16.2. The van der Waals surface area contributed by atoms with E-state index in [1.54, 1.807) is 54.4 Å². The van der Waals surface area contributed by atoms with Crippen LogP contribution in [0.2, 0.25) is 5.02 Å². The SMILES string of the molecule is CCN1C(=O)CC(Nc2ccc(Oc3ccc(C(=O)O)cc3)nc2)N(Cc2ccc(Cl)cc2)C1=O. The zero-order chi connectivity index (χ0) is 24.9. The van der Waals surface area contributed by atoms with Crippen LogP contribution >= 0.6 is 11.6 Å². The van der Waals surface area contributed by atoms with Crippen molar-refractivity contribution in [2.75, 3.05) is 11.9 Å². The van der Waals surface area contributed by atoms with E-state index in [2.05, 4.69) is 10.3 Å². The van der Waals surface area contributed by atoms with E-state index in [0.29, 0.717) is 35.4 Å². The van der Waals surface area contributed by atoms with Crippen molar-refractivity contribution >= 4 is 35.2 Å². The van der Waals surface area contributed by atoms with E-state index in [1.165, 1.54) is 17.0 Å². The predicted octanol–water partition coefficient (Wildman–Crippen LogP) is 4.84. The normalized spacial score (nSPS) is 15.8. The lowest BCUT2D eigenvalue weighted by Crippen LogP contribution is -2.58. The van der Waals surface area contributed by atoms with Crippen molar-refractivity contribution in [3.63, 3.8) is 0 Å². The van der Waals surface area contributed by atoms with Crippen molar-refractivity contribution in [2.24, 2.45) is 0 Å². The smallest absolute Gasteiger partial charge is 0.335 e. The summed E-state index contributed by atoms with van der Waals surface area (Å²) >= 11 is 5.98. The minimum absolute atomic E-state index is 0.112. The number of benzene rings is 2. The Balaban J connectivity index is 1.47. The number of urea groups is 1. The fraction of sp³-hybridized carbons (Fsp3) is 0.200. The summed E-state index contributed by atoms with van der Waals surface area (Å²) in [5.74, 6) is -0.512. The van der Waals surface area contributed by atoms with E-state index in [1.807, 2.05) is 12.1 Å². The summed E-state index contributed by atoms with van der Waals surface area (Å²) in [7, 11) is 0. The molecule has 1 saturated heterocycles. The van der Waals surface area contributed by atoms with Crippen molar-refractivity contribution in [2.45, 2.75) is 26.1 Å². The van der Waals surface area contributed by atoms with Crippen LogP contribution in [-0.2, 0) is 11.3 Å². The number of carbonyl (C=O) groups is 3. The molecule has 1 aliphatic rings. The Hall–Kier alpha value is -4.11. The second-order valence-corrected chi connectivity index (χ2v) is 8.29. The number of anilines is 1. The summed E-state index contributed by atoms with van der Waals surface area (Å²) < 4.78 is 5.66. The highest BCUT2D eigenvalue weighted by molar-refractivity contribution is 6.30. The van der Waals surface area contributed by atoms with Gasteiger partial charge in [0.2, 0.25) is 11.8 Å². The van der Waals surface area contributed by atoms with Crippen LogP contribution in [0.3, 0.4) is 0 Å². The molecule has 0 saturated carbocycles. The summed E-state index contributed by atoms with van der Waals surface area (Å²) in [6.45, 7) is 2.36. The van der Waals surface area contributed by atoms with Crippen molar-refractivity contribution in [3.05, 3.63) is 83.0 Å². The number of nitrogens with one attached hydrogen (secondary N) is 1. The average Bonchev–Trinajstić information content (AvgIpc) is 2.84. The van der Waals surface area contributed by atoms with Crippen LogP contribution in [0.25, 0.3) is 0 Å². The first-order valence-electron chi connectivity index (χ1n) is 10.9. The average molecular weight is 495 g/mol. The van der Waals surface area contributed by atoms with Crippen molar-refractivity contribution in [1.82, 2.24) is 14.8 Å². The summed E-state index contributed by atoms with van der Waals surface area (Å²) in [4.78, 5) is 43.7. The van der Waals surface area contributed by atoms with Gasteiger partial charge in [-0.2, -0.15) is 0 Å². The Bertz CT molecular complexity index is 1220. The largest absolute Gasteiger partial charge is 0.478 e. The number of halogens is 1. The third kappa shape index (κ3) is 5.70. The van der Waals surface area contributed by atoms with E-state index >= 15 is 0 Å². The van der Waals surface area contributed by atoms with Gasteiger partial charge in [0.05, 0.1) is 23.9 Å². The summed E-state index contributed by atoms with van der Waals surface area (Å²) in [6.07, 6.45) is 1.09. The Morgan fingerprint density at radius 1 is 1.11 bits per heavy atom. The quantitative estimate of drug-likeness (QED) is 0.461. The molecule has 1 aromatic heterocycles. The number of pyridine rings is 1. The maximum Gasteiger partial charge on any atom is 0.335 e. The molecule has 0 bridgehead atoms. The topological polar surface area (TPSA) is 112 Å². The highest BCUT2D eigenvalue weighted by atomic mass is 35.5. The molecular formula is C25H23ClN4O5. The van der Waals surface area contributed by atoms with Crippen molar-refractivity contribution < 1.29 is 24.2 Å². The van der Waals surface area contributed by atoms with Gasteiger partial charge in [-0.15, -0.1) is 0 Å². The van der Waals surface area contributed by atoms with Gasteiger partial charge in [0.25, 0.3) is 0 Å². The number of hydrogen-bond donors (Lipinski definition) is 2. The van der Waals surface area contributed by atoms with Gasteiger partial charge in [-0.25, -0.2) is 14.6 Å². The second-order valence-electron chi connectivity index (χ2n) is 7.86. The number of aromatic carboxylic acids is 1.